The normalized spacial score (nSPS) is 21.4. The number of para-hydroxylation sites is 1. The van der Waals surface area contributed by atoms with Gasteiger partial charge in [0.15, 0.2) is 0 Å². The first-order valence-electron chi connectivity index (χ1n) is 9.93. The second kappa shape index (κ2) is 8.04. The lowest BCUT2D eigenvalue weighted by atomic mass is 10.1. The van der Waals surface area contributed by atoms with Crippen LogP contribution in [0, 0.1) is 0 Å². The van der Waals surface area contributed by atoms with E-state index in [2.05, 4.69) is 27.8 Å². The molecule has 1 atom stereocenters. The van der Waals surface area contributed by atoms with Gasteiger partial charge in [0, 0.05) is 44.4 Å². The fourth-order valence-electron chi connectivity index (χ4n) is 3.83. The Hall–Kier alpha value is -2.83. The number of piperazine rings is 1. The van der Waals surface area contributed by atoms with Gasteiger partial charge in [-0.2, -0.15) is 0 Å². The SMILES string of the molecule is CCC1CN2C=NC(N3CCN(C(=O)Cc4ccccc4OC)CC3)=CC2=N1. The maximum Gasteiger partial charge on any atom is 0.227 e. The third-order valence-corrected chi connectivity index (χ3v) is 5.57. The summed E-state index contributed by atoms with van der Waals surface area (Å²) in [5.41, 5.74) is 0.932. The van der Waals surface area contributed by atoms with Crippen LogP contribution in [0.5, 0.6) is 5.75 Å². The van der Waals surface area contributed by atoms with E-state index >= 15 is 0 Å². The van der Waals surface area contributed by atoms with Crippen LogP contribution < -0.4 is 4.74 Å². The predicted octanol–water partition coefficient (Wildman–Crippen LogP) is 1.76. The molecule has 148 valence electrons. The van der Waals surface area contributed by atoms with Crippen molar-refractivity contribution in [1.29, 1.82) is 0 Å². The van der Waals surface area contributed by atoms with Crippen molar-refractivity contribution in [3.8, 4) is 5.75 Å². The number of carbonyl (C=O) groups excluding carboxylic acids is 1. The zero-order chi connectivity index (χ0) is 19.5. The minimum Gasteiger partial charge on any atom is -0.496 e. The van der Waals surface area contributed by atoms with Crippen LogP contribution in [0.2, 0.25) is 0 Å². The van der Waals surface area contributed by atoms with Crippen LogP contribution in [-0.4, -0.2) is 78.7 Å². The summed E-state index contributed by atoms with van der Waals surface area (Å²) in [6, 6.07) is 8.07. The van der Waals surface area contributed by atoms with E-state index in [4.69, 9.17) is 9.73 Å². The van der Waals surface area contributed by atoms with E-state index in [1.54, 1.807) is 7.11 Å². The summed E-state index contributed by atoms with van der Waals surface area (Å²) >= 11 is 0. The highest BCUT2D eigenvalue weighted by molar-refractivity contribution is 6.03. The van der Waals surface area contributed by atoms with E-state index in [0.717, 1.165) is 49.0 Å². The largest absolute Gasteiger partial charge is 0.496 e. The van der Waals surface area contributed by atoms with Crippen LogP contribution in [0.1, 0.15) is 18.9 Å². The van der Waals surface area contributed by atoms with Crippen molar-refractivity contribution in [2.45, 2.75) is 25.8 Å². The number of methoxy groups -OCH3 is 1. The Bertz CT molecular complexity index is 824. The van der Waals surface area contributed by atoms with Crippen LogP contribution in [0.25, 0.3) is 0 Å². The maximum absolute atomic E-state index is 12.7. The zero-order valence-corrected chi connectivity index (χ0v) is 16.5. The summed E-state index contributed by atoms with van der Waals surface area (Å²) in [7, 11) is 1.64. The molecule has 0 radical (unpaired) electrons. The highest BCUT2D eigenvalue weighted by Crippen LogP contribution is 2.21. The number of rotatable bonds is 5. The van der Waals surface area contributed by atoms with Crippen molar-refractivity contribution in [3.05, 3.63) is 41.7 Å². The number of nitrogens with zero attached hydrogens (tertiary/aromatic N) is 5. The first kappa shape index (κ1) is 18.5. The number of ether oxygens (including phenoxy) is 1. The quantitative estimate of drug-likeness (QED) is 0.780. The molecule has 7 heteroatoms. The fourth-order valence-corrected chi connectivity index (χ4v) is 3.83. The summed E-state index contributed by atoms with van der Waals surface area (Å²) in [5.74, 6) is 2.86. The Morgan fingerprint density at radius 2 is 2.00 bits per heavy atom. The van der Waals surface area contributed by atoms with Gasteiger partial charge in [0.05, 0.1) is 25.9 Å². The van der Waals surface area contributed by atoms with Crippen molar-refractivity contribution in [2.24, 2.45) is 9.98 Å². The van der Waals surface area contributed by atoms with Crippen LogP contribution >= 0.6 is 0 Å². The summed E-state index contributed by atoms with van der Waals surface area (Å²) < 4.78 is 5.36. The van der Waals surface area contributed by atoms with Gasteiger partial charge in [0.25, 0.3) is 0 Å². The highest BCUT2D eigenvalue weighted by atomic mass is 16.5. The van der Waals surface area contributed by atoms with Gasteiger partial charge in [0.1, 0.15) is 17.4 Å². The van der Waals surface area contributed by atoms with Gasteiger partial charge in [-0.05, 0) is 12.5 Å². The minimum atomic E-state index is 0.141. The molecule has 1 amide bonds. The molecule has 0 saturated carbocycles. The average Bonchev–Trinajstić information content (AvgIpc) is 3.16. The molecule has 1 fully saturated rings. The average molecular weight is 381 g/mol. The van der Waals surface area contributed by atoms with Crippen molar-refractivity contribution >= 4 is 18.1 Å². The molecule has 28 heavy (non-hydrogen) atoms. The molecule has 1 unspecified atom stereocenters. The smallest absolute Gasteiger partial charge is 0.227 e. The van der Waals surface area contributed by atoms with Crippen molar-refractivity contribution < 1.29 is 9.53 Å². The van der Waals surface area contributed by atoms with E-state index in [0.29, 0.717) is 25.6 Å². The molecule has 0 N–H and O–H groups in total. The molecule has 3 aliphatic rings. The van der Waals surface area contributed by atoms with Crippen LogP contribution in [0.3, 0.4) is 0 Å². The van der Waals surface area contributed by atoms with Crippen LogP contribution in [-0.2, 0) is 11.2 Å². The van der Waals surface area contributed by atoms with E-state index in [-0.39, 0.29) is 5.91 Å². The molecule has 0 spiro atoms. The van der Waals surface area contributed by atoms with Gasteiger partial charge < -0.3 is 19.4 Å². The number of benzene rings is 1. The van der Waals surface area contributed by atoms with Gasteiger partial charge in [-0.1, -0.05) is 25.1 Å². The summed E-state index contributed by atoms with van der Waals surface area (Å²) in [6.07, 6.45) is 5.38. The van der Waals surface area contributed by atoms with E-state index in [9.17, 15) is 4.79 Å². The highest BCUT2D eigenvalue weighted by Gasteiger charge is 2.28. The summed E-state index contributed by atoms with van der Waals surface area (Å²) in [4.78, 5) is 28.4. The van der Waals surface area contributed by atoms with Crippen molar-refractivity contribution in [3.63, 3.8) is 0 Å². The molecule has 3 heterocycles. The van der Waals surface area contributed by atoms with Gasteiger partial charge in [0.2, 0.25) is 5.91 Å². The second-order valence-electron chi connectivity index (χ2n) is 7.31. The standard InChI is InChI=1S/C21H27N5O2/c1-3-17-14-26-15-22-19(13-20(26)23-17)24-8-10-25(11-9-24)21(27)12-16-6-4-5-7-18(16)28-2/h4-7,13,15,17H,3,8-12,14H2,1-2H3. The Balaban J connectivity index is 1.35. The molecule has 3 aliphatic heterocycles. The number of aliphatic imine (C=N–C) groups is 2. The number of carbonyl (C=O) groups is 1. The summed E-state index contributed by atoms with van der Waals surface area (Å²) in [5, 5.41) is 0. The predicted molar refractivity (Wildman–Crippen MR) is 110 cm³/mol. The first-order valence-corrected chi connectivity index (χ1v) is 9.93. The third-order valence-electron chi connectivity index (χ3n) is 5.57. The van der Waals surface area contributed by atoms with E-state index < -0.39 is 0 Å². The Kier molecular flexibility index (Phi) is 5.32. The Morgan fingerprint density at radius 1 is 1.21 bits per heavy atom. The lowest BCUT2D eigenvalue weighted by Gasteiger charge is -2.37. The fraction of sp³-hybridized carbons (Fsp3) is 0.476. The van der Waals surface area contributed by atoms with Gasteiger partial charge >= 0.3 is 0 Å². The number of fused-ring (bicyclic) bond motifs is 1. The van der Waals surface area contributed by atoms with E-state index in [1.807, 2.05) is 35.5 Å². The van der Waals surface area contributed by atoms with E-state index in [1.165, 1.54) is 0 Å². The molecule has 1 aromatic rings. The zero-order valence-electron chi connectivity index (χ0n) is 16.5. The maximum atomic E-state index is 12.7. The first-order chi connectivity index (χ1) is 13.7. The molecular weight excluding hydrogens is 354 g/mol. The second-order valence-corrected chi connectivity index (χ2v) is 7.31. The number of hydrogen-bond acceptors (Lipinski definition) is 6. The number of hydrogen-bond donors (Lipinski definition) is 0. The summed E-state index contributed by atoms with van der Waals surface area (Å²) in [6.45, 7) is 6.06. The number of amidine groups is 1. The topological polar surface area (TPSA) is 60.7 Å². The molecule has 7 nitrogen and oxygen atoms in total. The molecule has 1 saturated heterocycles. The monoisotopic (exact) mass is 381 g/mol. The molecule has 4 rings (SSSR count). The molecule has 0 bridgehead atoms. The Morgan fingerprint density at radius 3 is 2.75 bits per heavy atom. The molecule has 1 aromatic carbocycles. The Labute approximate surface area is 166 Å². The lowest BCUT2D eigenvalue weighted by molar-refractivity contribution is -0.132. The van der Waals surface area contributed by atoms with Crippen LogP contribution in [0.15, 0.2) is 46.1 Å². The van der Waals surface area contributed by atoms with Crippen molar-refractivity contribution in [1.82, 2.24) is 14.7 Å². The lowest BCUT2D eigenvalue weighted by Crippen LogP contribution is -2.49. The molecular formula is C21H27N5O2. The molecule has 0 aliphatic carbocycles. The van der Waals surface area contributed by atoms with Gasteiger partial charge in [-0.15, -0.1) is 0 Å². The molecule has 0 aromatic heterocycles. The minimum absolute atomic E-state index is 0.141. The number of amides is 1. The van der Waals surface area contributed by atoms with Crippen LogP contribution in [0.4, 0.5) is 0 Å². The van der Waals surface area contributed by atoms with Gasteiger partial charge in [-0.3, -0.25) is 9.79 Å². The van der Waals surface area contributed by atoms with Gasteiger partial charge in [-0.25, -0.2) is 4.99 Å². The van der Waals surface area contributed by atoms with Crippen molar-refractivity contribution in [2.75, 3.05) is 39.8 Å². The third kappa shape index (κ3) is 3.74.